The molecule has 0 bridgehead atoms. The Bertz CT molecular complexity index is 873. The van der Waals surface area contributed by atoms with Crippen molar-refractivity contribution in [1.82, 2.24) is 4.57 Å². The average Bonchev–Trinajstić information content (AvgIpc) is 2.89. The van der Waals surface area contributed by atoms with Gasteiger partial charge in [-0.25, -0.2) is 9.18 Å². The van der Waals surface area contributed by atoms with E-state index >= 15 is 0 Å². The SMILES string of the molecule is Cc1ccn(C2CC(=O)N(c3ccc(F)cc3)C2)c(=O)c1C(=O)O. The number of aryl methyl sites for hydroxylation is 1. The number of carbonyl (C=O) groups is 2. The Morgan fingerprint density at radius 2 is 1.88 bits per heavy atom. The van der Waals surface area contributed by atoms with Crippen molar-refractivity contribution in [1.29, 1.82) is 0 Å². The predicted octanol–water partition coefficient (Wildman–Crippen LogP) is 1.97. The zero-order chi connectivity index (χ0) is 17.4. The number of anilines is 1. The van der Waals surface area contributed by atoms with Crippen molar-refractivity contribution in [2.75, 3.05) is 11.4 Å². The highest BCUT2D eigenvalue weighted by Crippen LogP contribution is 2.27. The van der Waals surface area contributed by atoms with Crippen molar-refractivity contribution >= 4 is 17.6 Å². The molecule has 0 aliphatic carbocycles. The molecule has 0 spiro atoms. The van der Waals surface area contributed by atoms with Gasteiger partial charge in [0.25, 0.3) is 5.56 Å². The normalized spacial score (nSPS) is 17.3. The number of amides is 1. The van der Waals surface area contributed by atoms with Gasteiger partial charge in [0.05, 0.1) is 6.04 Å². The number of carboxylic acid groups (broad SMARTS) is 1. The third-order valence-corrected chi connectivity index (χ3v) is 4.18. The Kier molecular flexibility index (Phi) is 3.92. The second kappa shape index (κ2) is 5.92. The second-order valence-electron chi connectivity index (χ2n) is 5.73. The molecular weight excluding hydrogens is 315 g/mol. The van der Waals surface area contributed by atoms with Crippen LogP contribution in [0.25, 0.3) is 0 Å². The molecule has 2 aromatic rings. The lowest BCUT2D eigenvalue weighted by atomic mass is 10.1. The lowest BCUT2D eigenvalue weighted by Crippen LogP contribution is -2.31. The van der Waals surface area contributed by atoms with Gasteiger partial charge in [-0.15, -0.1) is 0 Å². The van der Waals surface area contributed by atoms with Gasteiger partial charge in [0.15, 0.2) is 0 Å². The van der Waals surface area contributed by atoms with Crippen LogP contribution in [0.5, 0.6) is 0 Å². The lowest BCUT2D eigenvalue weighted by molar-refractivity contribution is -0.117. The molecule has 124 valence electrons. The summed E-state index contributed by atoms with van der Waals surface area (Å²) >= 11 is 0. The van der Waals surface area contributed by atoms with Crippen LogP contribution in [0.3, 0.4) is 0 Å². The molecule has 1 fully saturated rings. The van der Waals surface area contributed by atoms with Gasteiger partial charge < -0.3 is 14.6 Å². The highest BCUT2D eigenvalue weighted by atomic mass is 19.1. The molecule has 1 aliphatic rings. The third-order valence-electron chi connectivity index (χ3n) is 4.18. The molecule has 24 heavy (non-hydrogen) atoms. The first kappa shape index (κ1) is 15.9. The van der Waals surface area contributed by atoms with Gasteiger partial charge in [-0.05, 0) is 42.8 Å². The largest absolute Gasteiger partial charge is 0.477 e. The van der Waals surface area contributed by atoms with Gasteiger partial charge in [0.1, 0.15) is 11.4 Å². The molecule has 3 rings (SSSR count). The van der Waals surface area contributed by atoms with Gasteiger partial charge in [-0.1, -0.05) is 0 Å². The first-order valence-corrected chi connectivity index (χ1v) is 7.39. The monoisotopic (exact) mass is 330 g/mol. The van der Waals surface area contributed by atoms with Crippen molar-refractivity contribution in [3.63, 3.8) is 0 Å². The van der Waals surface area contributed by atoms with Crippen molar-refractivity contribution in [2.24, 2.45) is 0 Å². The summed E-state index contributed by atoms with van der Waals surface area (Å²) in [5.41, 5.74) is 0.0115. The minimum atomic E-state index is -1.29. The molecule has 1 aromatic heterocycles. The summed E-state index contributed by atoms with van der Waals surface area (Å²) < 4.78 is 14.3. The van der Waals surface area contributed by atoms with Crippen LogP contribution in [0.4, 0.5) is 10.1 Å². The number of hydrogen-bond donors (Lipinski definition) is 1. The number of pyridine rings is 1. The van der Waals surface area contributed by atoms with E-state index in [1.165, 1.54) is 39.9 Å². The molecule has 6 nitrogen and oxygen atoms in total. The molecule has 1 atom stereocenters. The third kappa shape index (κ3) is 2.68. The number of carboxylic acids is 1. The molecule has 1 N–H and O–H groups in total. The van der Waals surface area contributed by atoms with Crippen molar-refractivity contribution in [3.8, 4) is 0 Å². The quantitative estimate of drug-likeness (QED) is 0.933. The zero-order valence-corrected chi connectivity index (χ0v) is 12.9. The molecule has 0 saturated carbocycles. The number of aromatic carboxylic acids is 1. The topological polar surface area (TPSA) is 79.6 Å². The van der Waals surface area contributed by atoms with E-state index in [2.05, 4.69) is 0 Å². The van der Waals surface area contributed by atoms with Gasteiger partial charge in [0.2, 0.25) is 5.91 Å². The lowest BCUT2D eigenvalue weighted by Gasteiger charge is -2.18. The first-order chi connectivity index (χ1) is 11.4. The Labute approximate surface area is 136 Å². The Hall–Kier alpha value is -2.96. The van der Waals surface area contributed by atoms with E-state index in [4.69, 9.17) is 0 Å². The summed E-state index contributed by atoms with van der Waals surface area (Å²) in [6.07, 6.45) is 1.59. The van der Waals surface area contributed by atoms with Crippen molar-refractivity contribution in [2.45, 2.75) is 19.4 Å². The smallest absolute Gasteiger partial charge is 0.341 e. The maximum absolute atomic E-state index is 13.0. The van der Waals surface area contributed by atoms with Gasteiger partial charge in [-0.2, -0.15) is 0 Å². The molecule has 2 heterocycles. The average molecular weight is 330 g/mol. The number of halogens is 1. The van der Waals surface area contributed by atoms with Crippen LogP contribution in [-0.2, 0) is 4.79 Å². The highest BCUT2D eigenvalue weighted by molar-refractivity contribution is 5.96. The minimum Gasteiger partial charge on any atom is -0.477 e. The molecule has 0 radical (unpaired) electrons. The summed E-state index contributed by atoms with van der Waals surface area (Å²) in [4.78, 5) is 37.4. The summed E-state index contributed by atoms with van der Waals surface area (Å²) in [5.74, 6) is -1.88. The highest BCUT2D eigenvalue weighted by Gasteiger charge is 2.33. The Balaban J connectivity index is 1.94. The number of hydrogen-bond acceptors (Lipinski definition) is 3. The standard InChI is InChI=1S/C17H15FN2O4/c1-10-6-7-19(16(22)15(10)17(23)24)13-8-14(21)20(9-13)12-4-2-11(18)3-5-12/h2-7,13H,8-9H2,1H3,(H,23,24). The number of rotatable bonds is 3. The molecule has 1 unspecified atom stereocenters. The number of nitrogens with zero attached hydrogens (tertiary/aromatic N) is 2. The zero-order valence-electron chi connectivity index (χ0n) is 12.9. The number of benzene rings is 1. The number of aromatic nitrogens is 1. The Morgan fingerprint density at radius 1 is 1.21 bits per heavy atom. The first-order valence-electron chi connectivity index (χ1n) is 7.39. The fourth-order valence-electron chi connectivity index (χ4n) is 2.93. The fraction of sp³-hybridized carbons (Fsp3) is 0.235. The van der Waals surface area contributed by atoms with E-state index in [0.717, 1.165) is 0 Å². The van der Waals surface area contributed by atoms with Crippen LogP contribution in [0.2, 0.25) is 0 Å². The van der Waals surface area contributed by atoms with Gasteiger partial charge in [-0.3, -0.25) is 9.59 Å². The predicted molar refractivity (Wildman–Crippen MR) is 84.8 cm³/mol. The van der Waals surface area contributed by atoms with Gasteiger partial charge >= 0.3 is 5.97 Å². The molecule has 1 aliphatic heterocycles. The number of carbonyl (C=O) groups excluding carboxylic acids is 1. The molecule has 1 amide bonds. The van der Waals surface area contributed by atoms with E-state index < -0.39 is 23.4 Å². The van der Waals surface area contributed by atoms with E-state index in [9.17, 15) is 23.9 Å². The maximum atomic E-state index is 13.0. The van der Waals surface area contributed by atoms with Crippen LogP contribution in [-0.4, -0.2) is 28.1 Å². The van der Waals surface area contributed by atoms with Gasteiger partial charge in [0, 0.05) is 24.8 Å². The Morgan fingerprint density at radius 3 is 2.50 bits per heavy atom. The van der Waals surface area contributed by atoms with E-state index in [1.807, 2.05) is 0 Å². The van der Waals surface area contributed by atoms with Crippen molar-refractivity contribution in [3.05, 3.63) is 63.8 Å². The summed E-state index contributed by atoms with van der Waals surface area (Å²) in [6, 6.07) is 6.60. The molecule has 1 saturated heterocycles. The fourth-order valence-corrected chi connectivity index (χ4v) is 2.93. The minimum absolute atomic E-state index is 0.0827. The second-order valence-corrected chi connectivity index (χ2v) is 5.73. The molecule has 7 heteroatoms. The maximum Gasteiger partial charge on any atom is 0.341 e. The summed E-state index contributed by atoms with van der Waals surface area (Å²) in [6.45, 7) is 1.78. The van der Waals surface area contributed by atoms with E-state index in [-0.39, 0.29) is 24.4 Å². The van der Waals surface area contributed by atoms with Crippen LogP contribution < -0.4 is 10.5 Å². The van der Waals surface area contributed by atoms with Crippen LogP contribution in [0.1, 0.15) is 28.4 Å². The van der Waals surface area contributed by atoms with E-state index in [0.29, 0.717) is 11.3 Å². The van der Waals surface area contributed by atoms with Crippen LogP contribution in [0.15, 0.2) is 41.3 Å². The summed E-state index contributed by atoms with van der Waals surface area (Å²) in [7, 11) is 0. The van der Waals surface area contributed by atoms with Crippen LogP contribution >= 0.6 is 0 Å². The summed E-state index contributed by atoms with van der Waals surface area (Å²) in [5, 5.41) is 9.20. The molecule has 1 aromatic carbocycles. The van der Waals surface area contributed by atoms with Crippen molar-refractivity contribution < 1.29 is 19.1 Å². The van der Waals surface area contributed by atoms with E-state index in [1.54, 1.807) is 13.0 Å². The van der Waals surface area contributed by atoms with Crippen LogP contribution in [0, 0.1) is 12.7 Å². The molecular formula is C17H15FN2O4.